The van der Waals surface area contributed by atoms with Gasteiger partial charge >= 0.3 is 5.69 Å². The van der Waals surface area contributed by atoms with Gasteiger partial charge in [-0.1, -0.05) is 0 Å². The fourth-order valence-corrected chi connectivity index (χ4v) is 1.90. The fraction of sp³-hybridized carbons (Fsp3) is 0.600. The molecule has 1 aromatic heterocycles. The van der Waals surface area contributed by atoms with Crippen molar-refractivity contribution >= 4 is 5.82 Å². The first kappa shape index (κ1) is 12.9. The average molecular weight is 261 g/mol. The van der Waals surface area contributed by atoms with E-state index < -0.39 is 41.9 Å². The second-order valence-corrected chi connectivity index (χ2v) is 4.50. The van der Waals surface area contributed by atoms with E-state index in [1.807, 2.05) is 0 Å². The number of nitrogen functional groups attached to an aromatic ring is 1. The number of halogens is 2. The summed E-state index contributed by atoms with van der Waals surface area (Å²) < 4.78 is 33.0. The second-order valence-electron chi connectivity index (χ2n) is 4.50. The Kier molecular flexibility index (Phi) is 3.07. The smallest absolute Gasteiger partial charge is 0.351 e. The van der Waals surface area contributed by atoms with Crippen LogP contribution in [0.15, 0.2) is 11.0 Å². The fourth-order valence-electron chi connectivity index (χ4n) is 1.90. The van der Waals surface area contributed by atoms with Crippen LogP contribution in [0.2, 0.25) is 0 Å². The molecular weight excluding hydrogens is 248 g/mol. The number of aliphatic hydroxyl groups excluding tert-OH is 1. The number of alkyl halides is 1. The zero-order valence-corrected chi connectivity index (χ0v) is 9.64. The van der Waals surface area contributed by atoms with Crippen molar-refractivity contribution in [1.29, 1.82) is 0 Å². The van der Waals surface area contributed by atoms with Gasteiger partial charge in [0.15, 0.2) is 17.9 Å². The number of anilines is 1. The quantitative estimate of drug-likeness (QED) is 0.780. The van der Waals surface area contributed by atoms with Crippen molar-refractivity contribution < 1.29 is 18.6 Å². The van der Waals surface area contributed by atoms with Crippen molar-refractivity contribution in [2.24, 2.45) is 0 Å². The van der Waals surface area contributed by atoms with Crippen LogP contribution in [-0.2, 0) is 4.74 Å². The Hall–Kier alpha value is -1.54. The minimum Gasteiger partial charge on any atom is -0.393 e. The first-order valence-electron chi connectivity index (χ1n) is 5.33. The zero-order chi connectivity index (χ0) is 13.5. The Morgan fingerprint density at radius 2 is 2.44 bits per heavy atom. The van der Waals surface area contributed by atoms with E-state index in [1.165, 1.54) is 6.92 Å². The molecule has 1 aliphatic rings. The zero-order valence-electron chi connectivity index (χ0n) is 9.64. The molecular formula is C10H13F2N3O3. The van der Waals surface area contributed by atoms with Crippen LogP contribution in [0.4, 0.5) is 14.6 Å². The molecule has 1 fully saturated rings. The van der Waals surface area contributed by atoms with Crippen molar-refractivity contribution in [1.82, 2.24) is 9.55 Å². The third kappa shape index (κ3) is 2.08. The van der Waals surface area contributed by atoms with E-state index in [2.05, 4.69) is 4.98 Å². The number of hydrogen-bond donors (Lipinski definition) is 2. The van der Waals surface area contributed by atoms with Crippen molar-refractivity contribution in [3.8, 4) is 0 Å². The lowest BCUT2D eigenvalue weighted by molar-refractivity contribution is -0.0954. The molecule has 3 N–H and O–H groups in total. The Morgan fingerprint density at radius 1 is 1.78 bits per heavy atom. The third-order valence-corrected chi connectivity index (χ3v) is 2.88. The third-order valence-electron chi connectivity index (χ3n) is 2.88. The van der Waals surface area contributed by atoms with E-state index >= 15 is 0 Å². The van der Waals surface area contributed by atoms with Gasteiger partial charge in [-0.15, -0.1) is 0 Å². The Labute approximate surface area is 101 Å². The van der Waals surface area contributed by atoms with Crippen LogP contribution in [0, 0.1) is 5.82 Å². The van der Waals surface area contributed by atoms with Gasteiger partial charge < -0.3 is 15.6 Å². The first-order valence-corrected chi connectivity index (χ1v) is 5.33. The second kappa shape index (κ2) is 4.29. The molecule has 0 aromatic carbocycles. The molecule has 0 saturated carbocycles. The number of aromatic nitrogens is 2. The Morgan fingerprint density at radius 3 is 3.00 bits per heavy atom. The van der Waals surface area contributed by atoms with Gasteiger partial charge in [0.1, 0.15) is 6.17 Å². The molecule has 3 atom stereocenters. The normalized spacial score (nSPS) is 31.8. The summed E-state index contributed by atoms with van der Waals surface area (Å²) in [5.41, 5.74) is 3.13. The molecule has 6 nitrogen and oxygen atoms in total. The summed E-state index contributed by atoms with van der Waals surface area (Å²) in [4.78, 5) is 14.7. The summed E-state index contributed by atoms with van der Waals surface area (Å²) in [6.45, 7) is 1.11. The van der Waals surface area contributed by atoms with Gasteiger partial charge in [-0.05, 0) is 6.92 Å². The van der Waals surface area contributed by atoms with Crippen LogP contribution in [-0.4, -0.2) is 33.0 Å². The number of nitrogens with zero attached hydrogens (tertiary/aromatic N) is 2. The van der Waals surface area contributed by atoms with Crippen LogP contribution in [0.1, 0.15) is 19.6 Å². The molecule has 2 heterocycles. The molecule has 100 valence electrons. The van der Waals surface area contributed by atoms with Gasteiger partial charge in [0.2, 0.25) is 0 Å². The predicted octanol–water partition coefficient (Wildman–Crippen LogP) is -0.0274. The Bertz CT molecular complexity index is 522. The van der Waals surface area contributed by atoms with Gasteiger partial charge in [0.05, 0.1) is 18.4 Å². The lowest BCUT2D eigenvalue weighted by Gasteiger charge is -2.22. The van der Waals surface area contributed by atoms with E-state index in [0.717, 1.165) is 6.20 Å². The molecule has 0 aliphatic carbocycles. The Balaban J connectivity index is 2.39. The maximum absolute atomic E-state index is 13.8. The minimum absolute atomic E-state index is 0.0907. The van der Waals surface area contributed by atoms with E-state index in [-0.39, 0.29) is 6.42 Å². The lowest BCUT2D eigenvalue weighted by atomic mass is 10.0. The van der Waals surface area contributed by atoms with Gasteiger partial charge in [-0.3, -0.25) is 4.57 Å². The van der Waals surface area contributed by atoms with E-state index in [4.69, 9.17) is 15.6 Å². The van der Waals surface area contributed by atoms with Gasteiger partial charge in [-0.2, -0.15) is 4.98 Å². The summed E-state index contributed by atoms with van der Waals surface area (Å²) in [5, 5.41) is 9.09. The summed E-state index contributed by atoms with van der Waals surface area (Å²) >= 11 is 0. The summed E-state index contributed by atoms with van der Waals surface area (Å²) in [5.74, 6) is -1.47. The van der Waals surface area contributed by atoms with Crippen LogP contribution < -0.4 is 11.4 Å². The SMILES string of the molecule is C[C@@]1(CO)CC(F)C(n2cc(F)c(N)nc2=O)O1. The highest BCUT2D eigenvalue weighted by Gasteiger charge is 2.45. The molecule has 0 spiro atoms. The highest BCUT2D eigenvalue weighted by atomic mass is 19.1. The number of rotatable bonds is 2. The summed E-state index contributed by atoms with van der Waals surface area (Å²) in [7, 11) is 0. The van der Waals surface area contributed by atoms with Gasteiger partial charge in [0.25, 0.3) is 0 Å². The minimum atomic E-state index is -1.54. The summed E-state index contributed by atoms with van der Waals surface area (Å²) in [6, 6.07) is 0. The van der Waals surface area contributed by atoms with Crippen molar-refractivity contribution in [2.45, 2.75) is 31.3 Å². The first-order chi connectivity index (χ1) is 8.36. The molecule has 1 aromatic rings. The molecule has 2 rings (SSSR count). The summed E-state index contributed by atoms with van der Waals surface area (Å²) in [6.07, 6.45) is -2.18. The number of aliphatic hydroxyl groups is 1. The number of ether oxygens (including phenoxy) is 1. The van der Waals surface area contributed by atoms with Crippen molar-refractivity contribution in [2.75, 3.05) is 12.3 Å². The van der Waals surface area contributed by atoms with Crippen LogP contribution in [0.25, 0.3) is 0 Å². The van der Waals surface area contributed by atoms with Crippen molar-refractivity contribution in [3.05, 3.63) is 22.5 Å². The topological polar surface area (TPSA) is 90.4 Å². The molecule has 0 amide bonds. The molecule has 0 radical (unpaired) electrons. The maximum atomic E-state index is 13.8. The molecule has 8 heteroatoms. The molecule has 0 bridgehead atoms. The van der Waals surface area contributed by atoms with E-state index in [1.54, 1.807) is 0 Å². The van der Waals surface area contributed by atoms with Crippen LogP contribution >= 0.6 is 0 Å². The number of hydrogen-bond acceptors (Lipinski definition) is 5. The largest absolute Gasteiger partial charge is 0.393 e. The van der Waals surface area contributed by atoms with E-state index in [9.17, 15) is 13.6 Å². The van der Waals surface area contributed by atoms with Gasteiger partial charge in [0, 0.05) is 6.42 Å². The molecule has 1 aliphatic heterocycles. The van der Waals surface area contributed by atoms with Crippen LogP contribution in [0.3, 0.4) is 0 Å². The van der Waals surface area contributed by atoms with Crippen molar-refractivity contribution in [3.63, 3.8) is 0 Å². The highest BCUT2D eigenvalue weighted by molar-refractivity contribution is 5.26. The molecule has 18 heavy (non-hydrogen) atoms. The number of nitrogens with two attached hydrogens (primary N) is 1. The predicted molar refractivity (Wildman–Crippen MR) is 58.0 cm³/mol. The highest BCUT2D eigenvalue weighted by Crippen LogP contribution is 2.37. The maximum Gasteiger partial charge on any atom is 0.351 e. The lowest BCUT2D eigenvalue weighted by Crippen LogP contribution is -2.33. The van der Waals surface area contributed by atoms with Crippen LogP contribution in [0.5, 0.6) is 0 Å². The molecule has 1 saturated heterocycles. The monoisotopic (exact) mass is 261 g/mol. The van der Waals surface area contributed by atoms with E-state index in [0.29, 0.717) is 4.57 Å². The standard InChI is InChI=1S/C10H13F2N3O3/c1-10(4-16)2-5(11)8(18-10)15-3-6(12)7(13)14-9(15)17/h3,5,8,16H,2,4H2,1H3,(H2,13,14,17)/t5?,8?,10-/m0/s1. The van der Waals surface area contributed by atoms with Gasteiger partial charge in [-0.25, -0.2) is 13.6 Å². The average Bonchev–Trinajstić information content (AvgIpc) is 2.60. The molecule has 2 unspecified atom stereocenters.